The lowest BCUT2D eigenvalue weighted by Gasteiger charge is -2.00. The van der Waals surface area contributed by atoms with Crippen LogP contribution in [0.3, 0.4) is 0 Å². The van der Waals surface area contributed by atoms with E-state index in [2.05, 4.69) is 0 Å². The van der Waals surface area contributed by atoms with Gasteiger partial charge in [-0.15, -0.1) is 0 Å². The molecule has 0 saturated carbocycles. The van der Waals surface area contributed by atoms with Gasteiger partial charge in [-0.25, -0.2) is 8.42 Å². The maximum absolute atomic E-state index is 10.6. The van der Waals surface area contributed by atoms with E-state index in [1.807, 2.05) is 13.8 Å². The molecule has 10 heavy (non-hydrogen) atoms. The van der Waals surface area contributed by atoms with Crippen LogP contribution in [0.4, 0.5) is 0 Å². The molecule has 2 nitrogen and oxygen atoms in total. The first kappa shape index (κ1) is 9.69. The van der Waals surface area contributed by atoms with E-state index in [1.165, 1.54) is 5.41 Å². The average molecular weight is 162 g/mol. The molecule has 0 atom stereocenters. The molecule has 0 bridgehead atoms. The van der Waals surface area contributed by atoms with Crippen molar-refractivity contribution in [1.29, 1.82) is 0 Å². The molecule has 0 aromatic carbocycles. The molecule has 0 N–H and O–H groups in total. The van der Waals surface area contributed by atoms with Crippen molar-refractivity contribution in [1.82, 2.24) is 0 Å². The van der Waals surface area contributed by atoms with Crippen molar-refractivity contribution in [2.45, 2.75) is 26.7 Å². The van der Waals surface area contributed by atoms with Crippen molar-refractivity contribution in [3.05, 3.63) is 11.5 Å². The molecule has 1 aliphatic rings. The standard InChI is InChI=1S/C5H8O2S.C2H6/c6-8(7)4-2-1-3-5-8;1-2/h2,4H,1,3,5H2;1-2H3. The molecule has 0 fully saturated rings. The van der Waals surface area contributed by atoms with Crippen LogP contribution in [-0.2, 0) is 9.84 Å². The van der Waals surface area contributed by atoms with Gasteiger partial charge in [-0.1, -0.05) is 19.9 Å². The Balaban J connectivity index is 0.000000371. The van der Waals surface area contributed by atoms with Crippen LogP contribution in [0.25, 0.3) is 0 Å². The third-order valence-electron chi connectivity index (χ3n) is 1.10. The number of rotatable bonds is 0. The van der Waals surface area contributed by atoms with Crippen molar-refractivity contribution in [3.8, 4) is 0 Å². The summed E-state index contributed by atoms with van der Waals surface area (Å²) in [6, 6.07) is 0. The lowest BCUT2D eigenvalue weighted by Crippen LogP contribution is -2.04. The minimum absolute atomic E-state index is 0.337. The van der Waals surface area contributed by atoms with Crippen molar-refractivity contribution >= 4 is 9.84 Å². The Morgan fingerprint density at radius 2 is 1.90 bits per heavy atom. The summed E-state index contributed by atoms with van der Waals surface area (Å²) in [5.74, 6) is 0.337. The second-order valence-corrected chi connectivity index (χ2v) is 3.89. The number of sulfone groups is 1. The summed E-state index contributed by atoms with van der Waals surface area (Å²) < 4.78 is 21.1. The second kappa shape index (κ2) is 4.50. The van der Waals surface area contributed by atoms with Crippen LogP contribution >= 0.6 is 0 Å². The Morgan fingerprint density at radius 3 is 2.10 bits per heavy atom. The molecular weight excluding hydrogens is 148 g/mol. The smallest absolute Gasteiger partial charge is 0.171 e. The molecular formula is C7H14O2S. The fourth-order valence-corrected chi connectivity index (χ4v) is 1.82. The molecule has 0 unspecified atom stereocenters. The van der Waals surface area contributed by atoms with E-state index in [-0.39, 0.29) is 0 Å². The number of hydrogen-bond donors (Lipinski definition) is 0. The first-order valence-electron chi connectivity index (χ1n) is 3.60. The summed E-state index contributed by atoms with van der Waals surface area (Å²) in [5, 5.41) is 1.30. The van der Waals surface area contributed by atoms with Gasteiger partial charge >= 0.3 is 0 Å². The van der Waals surface area contributed by atoms with Gasteiger partial charge < -0.3 is 0 Å². The molecule has 0 aromatic rings. The summed E-state index contributed by atoms with van der Waals surface area (Å²) in [7, 11) is -2.76. The van der Waals surface area contributed by atoms with Gasteiger partial charge in [0.2, 0.25) is 0 Å². The third kappa shape index (κ3) is 3.67. The minimum atomic E-state index is -2.76. The topological polar surface area (TPSA) is 34.1 Å². The zero-order valence-electron chi connectivity index (χ0n) is 6.50. The third-order valence-corrected chi connectivity index (χ3v) is 2.57. The Labute approximate surface area is 62.9 Å². The summed E-state index contributed by atoms with van der Waals surface area (Å²) in [6.07, 6.45) is 3.41. The Bertz CT molecular complexity index is 190. The van der Waals surface area contributed by atoms with E-state index >= 15 is 0 Å². The zero-order valence-corrected chi connectivity index (χ0v) is 7.32. The normalized spacial score (nSPS) is 21.0. The Hall–Kier alpha value is -0.310. The highest BCUT2D eigenvalue weighted by atomic mass is 32.2. The predicted octanol–water partition coefficient (Wildman–Crippen LogP) is 1.73. The van der Waals surface area contributed by atoms with Gasteiger partial charge in [-0.3, -0.25) is 0 Å². The fourth-order valence-electron chi connectivity index (χ4n) is 0.685. The fraction of sp³-hybridized carbons (Fsp3) is 0.714. The van der Waals surface area contributed by atoms with Crippen LogP contribution in [0.2, 0.25) is 0 Å². The van der Waals surface area contributed by atoms with Gasteiger partial charge in [0, 0.05) is 5.41 Å². The van der Waals surface area contributed by atoms with Gasteiger partial charge in [0.15, 0.2) is 9.84 Å². The average Bonchev–Trinajstić information content (AvgIpc) is 1.92. The molecule has 1 heterocycles. The summed E-state index contributed by atoms with van der Waals surface area (Å²) >= 11 is 0. The van der Waals surface area contributed by atoms with Gasteiger partial charge in [0.25, 0.3) is 0 Å². The summed E-state index contributed by atoms with van der Waals surface area (Å²) in [4.78, 5) is 0. The summed E-state index contributed by atoms with van der Waals surface area (Å²) in [6.45, 7) is 4.00. The van der Waals surface area contributed by atoms with E-state index in [4.69, 9.17) is 0 Å². The quantitative estimate of drug-likeness (QED) is 0.543. The van der Waals surface area contributed by atoms with Gasteiger partial charge in [0.1, 0.15) is 0 Å². The van der Waals surface area contributed by atoms with Crippen molar-refractivity contribution in [3.63, 3.8) is 0 Å². The first-order valence-corrected chi connectivity index (χ1v) is 5.31. The number of hydrogen-bond acceptors (Lipinski definition) is 2. The summed E-state index contributed by atoms with van der Waals surface area (Å²) in [5.41, 5.74) is 0. The molecule has 1 rings (SSSR count). The zero-order chi connectivity index (χ0) is 8.04. The van der Waals surface area contributed by atoms with E-state index in [9.17, 15) is 8.42 Å². The van der Waals surface area contributed by atoms with Crippen LogP contribution in [0.1, 0.15) is 26.7 Å². The van der Waals surface area contributed by atoms with Gasteiger partial charge in [-0.05, 0) is 12.8 Å². The van der Waals surface area contributed by atoms with E-state index in [0.717, 1.165) is 12.8 Å². The highest BCUT2D eigenvalue weighted by Crippen LogP contribution is 2.06. The van der Waals surface area contributed by atoms with E-state index in [1.54, 1.807) is 6.08 Å². The monoisotopic (exact) mass is 162 g/mol. The largest absolute Gasteiger partial charge is 0.224 e. The number of allylic oxidation sites excluding steroid dienone is 1. The SMILES string of the molecule is CC.O=S1(=O)C=CCCC1. The van der Waals surface area contributed by atoms with Crippen LogP contribution in [0.5, 0.6) is 0 Å². The highest BCUT2D eigenvalue weighted by Gasteiger charge is 2.07. The van der Waals surface area contributed by atoms with Crippen molar-refractivity contribution in [2.24, 2.45) is 0 Å². The molecule has 0 aliphatic carbocycles. The Morgan fingerprint density at radius 1 is 1.30 bits per heavy atom. The molecule has 60 valence electrons. The highest BCUT2D eigenvalue weighted by molar-refractivity contribution is 7.94. The molecule has 0 aromatic heterocycles. The Kier molecular flexibility index (Phi) is 4.36. The second-order valence-electron chi connectivity index (χ2n) is 1.88. The van der Waals surface area contributed by atoms with Crippen LogP contribution in [0, 0.1) is 0 Å². The van der Waals surface area contributed by atoms with Gasteiger partial charge in [-0.2, -0.15) is 0 Å². The minimum Gasteiger partial charge on any atom is -0.224 e. The molecule has 0 spiro atoms. The van der Waals surface area contributed by atoms with Crippen molar-refractivity contribution in [2.75, 3.05) is 5.75 Å². The maximum atomic E-state index is 10.6. The maximum Gasteiger partial charge on any atom is 0.171 e. The van der Waals surface area contributed by atoms with Crippen LogP contribution < -0.4 is 0 Å². The van der Waals surface area contributed by atoms with E-state index < -0.39 is 9.84 Å². The van der Waals surface area contributed by atoms with Crippen LogP contribution in [-0.4, -0.2) is 14.2 Å². The van der Waals surface area contributed by atoms with Gasteiger partial charge in [0.05, 0.1) is 5.75 Å². The molecule has 1 aliphatic heterocycles. The molecule has 0 saturated heterocycles. The predicted molar refractivity (Wildman–Crippen MR) is 43.5 cm³/mol. The van der Waals surface area contributed by atoms with Crippen molar-refractivity contribution < 1.29 is 8.42 Å². The lowest BCUT2D eigenvalue weighted by molar-refractivity contribution is 0.600. The van der Waals surface area contributed by atoms with Crippen LogP contribution in [0.15, 0.2) is 11.5 Å². The van der Waals surface area contributed by atoms with E-state index in [0.29, 0.717) is 5.75 Å². The first-order chi connectivity index (χ1) is 4.71. The lowest BCUT2D eigenvalue weighted by atomic mass is 10.3. The molecule has 0 radical (unpaired) electrons. The molecule has 0 amide bonds. The molecule has 3 heteroatoms.